The fourth-order valence-corrected chi connectivity index (χ4v) is 5.02. The van der Waals surface area contributed by atoms with E-state index in [1.54, 1.807) is 16.8 Å². The maximum absolute atomic E-state index is 13.9. The molecule has 0 unspecified atom stereocenters. The molecule has 4 rings (SSSR count). The van der Waals surface area contributed by atoms with Gasteiger partial charge in [0.05, 0.1) is 31.4 Å². The normalized spacial score (nSPS) is 19.2. The lowest BCUT2D eigenvalue weighted by molar-refractivity contribution is -0.0185. The van der Waals surface area contributed by atoms with E-state index in [0.717, 1.165) is 22.3 Å². The molecular formula is C32H39N3O4. The van der Waals surface area contributed by atoms with Crippen LogP contribution in [0.25, 0.3) is 11.1 Å². The van der Waals surface area contributed by atoms with Crippen molar-refractivity contribution in [3.63, 3.8) is 0 Å². The lowest BCUT2D eigenvalue weighted by Crippen LogP contribution is -2.49. The molecule has 3 aromatic rings. The highest BCUT2D eigenvalue weighted by atomic mass is 16.5. The van der Waals surface area contributed by atoms with Gasteiger partial charge in [-0.05, 0) is 42.2 Å². The summed E-state index contributed by atoms with van der Waals surface area (Å²) in [5.41, 5.74) is 4.39. The summed E-state index contributed by atoms with van der Waals surface area (Å²) in [7, 11) is 1.76. The maximum atomic E-state index is 13.9. The van der Waals surface area contributed by atoms with Crippen LogP contribution < -0.4 is 5.32 Å². The first kappa shape index (κ1) is 28.3. The topological polar surface area (TPSA) is 82.1 Å². The second-order valence-electron chi connectivity index (χ2n) is 10.5. The zero-order valence-corrected chi connectivity index (χ0v) is 23.2. The monoisotopic (exact) mass is 529 g/mol. The van der Waals surface area contributed by atoms with Crippen molar-refractivity contribution in [3.8, 4) is 11.1 Å². The molecule has 3 aromatic carbocycles. The van der Waals surface area contributed by atoms with E-state index in [1.807, 2.05) is 99.6 Å². The Labute approximate surface area is 231 Å². The number of nitrogens with zero attached hydrogens (tertiary/aromatic N) is 2. The number of urea groups is 1. The zero-order valence-electron chi connectivity index (χ0n) is 23.2. The van der Waals surface area contributed by atoms with Gasteiger partial charge in [-0.3, -0.25) is 4.79 Å². The predicted molar refractivity (Wildman–Crippen MR) is 153 cm³/mol. The Kier molecular flexibility index (Phi) is 9.38. The molecule has 1 aliphatic heterocycles. The van der Waals surface area contributed by atoms with E-state index in [2.05, 4.69) is 5.32 Å². The number of nitrogens with one attached hydrogen (secondary N) is 1. The minimum atomic E-state index is -0.377. The molecule has 3 amide bonds. The van der Waals surface area contributed by atoms with Crippen molar-refractivity contribution in [2.75, 3.05) is 26.7 Å². The zero-order chi connectivity index (χ0) is 27.9. The number of benzene rings is 3. The summed E-state index contributed by atoms with van der Waals surface area (Å²) in [6, 6.07) is 24.7. The highest BCUT2D eigenvalue weighted by Gasteiger charge is 2.31. The SMILES string of the molecule is C[C@H](CO)N1C[C@H](C)[C@@H](CN(C)C(=O)N[C@H](C)c2ccccc2)OCc2ccccc2-c2ccccc2C1=O. The van der Waals surface area contributed by atoms with E-state index in [4.69, 9.17) is 4.74 Å². The van der Waals surface area contributed by atoms with E-state index < -0.39 is 0 Å². The second kappa shape index (κ2) is 12.9. The Balaban J connectivity index is 1.61. The first-order valence-corrected chi connectivity index (χ1v) is 13.6. The number of ether oxygens (including phenoxy) is 1. The second-order valence-corrected chi connectivity index (χ2v) is 10.5. The van der Waals surface area contributed by atoms with E-state index in [-0.39, 0.29) is 42.7 Å². The molecule has 0 saturated carbocycles. The van der Waals surface area contributed by atoms with E-state index in [9.17, 15) is 14.7 Å². The van der Waals surface area contributed by atoms with Gasteiger partial charge >= 0.3 is 6.03 Å². The van der Waals surface area contributed by atoms with Gasteiger partial charge in [0.1, 0.15) is 0 Å². The van der Waals surface area contributed by atoms with Gasteiger partial charge in [-0.1, -0.05) is 79.7 Å². The largest absolute Gasteiger partial charge is 0.394 e. The molecule has 0 aromatic heterocycles. The first-order valence-electron chi connectivity index (χ1n) is 13.6. The van der Waals surface area contributed by atoms with Crippen molar-refractivity contribution in [3.05, 3.63) is 95.6 Å². The van der Waals surface area contributed by atoms with Crippen LogP contribution in [0, 0.1) is 5.92 Å². The fraction of sp³-hybridized carbons (Fsp3) is 0.375. The molecule has 0 saturated heterocycles. The summed E-state index contributed by atoms with van der Waals surface area (Å²) in [6.07, 6.45) is -0.344. The molecule has 0 aliphatic carbocycles. The fourth-order valence-electron chi connectivity index (χ4n) is 5.02. The summed E-state index contributed by atoms with van der Waals surface area (Å²) in [6.45, 7) is 6.76. The Bertz CT molecular complexity index is 1270. The molecule has 7 heteroatoms. The van der Waals surface area contributed by atoms with Gasteiger partial charge in [-0.2, -0.15) is 0 Å². The van der Waals surface area contributed by atoms with Crippen molar-refractivity contribution in [1.29, 1.82) is 0 Å². The number of likely N-dealkylation sites (N-methyl/N-ethyl adjacent to an activating group) is 1. The average Bonchev–Trinajstić information content (AvgIpc) is 2.98. The van der Waals surface area contributed by atoms with Crippen molar-refractivity contribution in [2.45, 2.75) is 45.6 Å². The van der Waals surface area contributed by atoms with E-state index in [0.29, 0.717) is 25.3 Å². The maximum Gasteiger partial charge on any atom is 0.317 e. The molecule has 0 radical (unpaired) electrons. The minimum absolute atomic E-state index is 0.109. The molecule has 206 valence electrons. The molecule has 4 atom stereocenters. The molecular weight excluding hydrogens is 490 g/mol. The summed E-state index contributed by atoms with van der Waals surface area (Å²) >= 11 is 0. The average molecular weight is 530 g/mol. The number of carbonyl (C=O) groups excluding carboxylic acids is 2. The van der Waals surface area contributed by atoms with Crippen LogP contribution in [0.15, 0.2) is 78.9 Å². The standard InChI is InChI=1S/C32H39N3O4/c1-22-18-35(23(2)20-36)31(37)29-17-11-10-16-28(29)27-15-9-8-14-26(27)21-39-30(22)19-34(4)32(38)33-24(3)25-12-6-5-7-13-25/h5-17,22-24,30,36H,18-21H2,1-4H3,(H,33,38)/t22-,23+,24+,30+/m0/s1. The van der Waals surface area contributed by atoms with E-state index >= 15 is 0 Å². The molecule has 7 nitrogen and oxygen atoms in total. The molecule has 1 heterocycles. The van der Waals surface area contributed by atoms with Crippen LogP contribution in [0.3, 0.4) is 0 Å². The van der Waals surface area contributed by atoms with Gasteiger partial charge in [0, 0.05) is 31.6 Å². The van der Waals surface area contributed by atoms with Crippen LogP contribution in [-0.2, 0) is 11.3 Å². The van der Waals surface area contributed by atoms with Gasteiger partial charge < -0.3 is 25.0 Å². The number of fused-ring (bicyclic) bond motifs is 3. The van der Waals surface area contributed by atoms with Crippen molar-refractivity contribution >= 4 is 11.9 Å². The Morgan fingerprint density at radius 3 is 2.31 bits per heavy atom. The third-order valence-corrected chi connectivity index (χ3v) is 7.53. The summed E-state index contributed by atoms with van der Waals surface area (Å²) in [5.74, 6) is -0.237. The minimum Gasteiger partial charge on any atom is -0.394 e. The summed E-state index contributed by atoms with van der Waals surface area (Å²) in [4.78, 5) is 30.4. The highest BCUT2D eigenvalue weighted by Crippen LogP contribution is 2.31. The highest BCUT2D eigenvalue weighted by molar-refractivity contribution is 6.01. The van der Waals surface area contributed by atoms with Crippen LogP contribution in [0.1, 0.15) is 48.3 Å². The third-order valence-electron chi connectivity index (χ3n) is 7.53. The van der Waals surface area contributed by atoms with Gasteiger partial charge in [0.15, 0.2) is 0 Å². The van der Waals surface area contributed by atoms with Gasteiger partial charge in [-0.15, -0.1) is 0 Å². The summed E-state index contributed by atoms with van der Waals surface area (Å²) in [5, 5.41) is 13.1. The number of amides is 3. The Morgan fingerprint density at radius 2 is 1.62 bits per heavy atom. The number of aliphatic hydroxyl groups is 1. The first-order chi connectivity index (χ1) is 18.8. The number of hydrogen-bond acceptors (Lipinski definition) is 4. The lowest BCUT2D eigenvalue weighted by atomic mass is 9.94. The van der Waals surface area contributed by atoms with E-state index in [1.165, 1.54) is 0 Å². The van der Waals surface area contributed by atoms with Crippen LogP contribution in [0.5, 0.6) is 0 Å². The van der Waals surface area contributed by atoms with Crippen LogP contribution >= 0.6 is 0 Å². The molecule has 0 bridgehead atoms. The van der Waals surface area contributed by atoms with Crippen molar-refractivity contribution in [2.24, 2.45) is 5.92 Å². The third kappa shape index (κ3) is 6.67. The Hall–Kier alpha value is -3.68. The predicted octanol–water partition coefficient (Wildman–Crippen LogP) is 5.11. The molecule has 0 spiro atoms. The molecule has 2 N–H and O–H groups in total. The molecule has 0 fully saturated rings. The van der Waals surface area contributed by atoms with Gasteiger partial charge in [0.2, 0.25) is 0 Å². The van der Waals surface area contributed by atoms with Crippen molar-refractivity contribution in [1.82, 2.24) is 15.1 Å². The lowest BCUT2D eigenvalue weighted by Gasteiger charge is -2.35. The number of hydrogen-bond donors (Lipinski definition) is 2. The van der Waals surface area contributed by atoms with Gasteiger partial charge in [0.25, 0.3) is 5.91 Å². The number of carbonyl (C=O) groups is 2. The number of aliphatic hydroxyl groups excluding tert-OH is 1. The Morgan fingerprint density at radius 1 is 1.00 bits per heavy atom. The van der Waals surface area contributed by atoms with Gasteiger partial charge in [-0.25, -0.2) is 4.79 Å². The van der Waals surface area contributed by atoms with Crippen LogP contribution in [0.4, 0.5) is 4.79 Å². The smallest absolute Gasteiger partial charge is 0.317 e. The van der Waals surface area contributed by atoms with Crippen LogP contribution in [-0.4, -0.2) is 65.7 Å². The van der Waals surface area contributed by atoms with Crippen LogP contribution in [0.2, 0.25) is 0 Å². The summed E-state index contributed by atoms with van der Waals surface area (Å²) < 4.78 is 6.51. The van der Waals surface area contributed by atoms with Crippen molar-refractivity contribution < 1.29 is 19.4 Å². The quantitative estimate of drug-likeness (QED) is 0.465. The molecule has 1 aliphatic rings. The molecule has 39 heavy (non-hydrogen) atoms. The number of rotatable bonds is 6.